The SMILES string of the molecule is O=C(CCCCC(=O)Nc1ccc(S(=O)(O)=S)cc1)Nc1ccc(S(=O)(O)=S)cc1.[Na].[Na]. The van der Waals surface area contributed by atoms with Crippen molar-refractivity contribution in [1.82, 2.24) is 0 Å². The normalized spacial score (nSPS) is 13.9. The summed E-state index contributed by atoms with van der Waals surface area (Å²) < 4.78 is 41.3. The van der Waals surface area contributed by atoms with Crippen LogP contribution < -0.4 is 10.6 Å². The first-order valence-corrected chi connectivity index (χ1v) is 13.6. The molecule has 0 spiro atoms. The molecule has 8 nitrogen and oxygen atoms in total. The molecule has 2 radical (unpaired) electrons. The van der Waals surface area contributed by atoms with Gasteiger partial charge in [-0.05, 0) is 61.4 Å². The molecule has 2 amide bonds. The Morgan fingerprint density at radius 1 is 0.688 bits per heavy atom. The number of hydrogen-bond donors (Lipinski definition) is 4. The summed E-state index contributed by atoms with van der Waals surface area (Å²) in [6.45, 7) is 0. The van der Waals surface area contributed by atoms with Gasteiger partial charge in [-0.25, -0.2) is 8.42 Å². The van der Waals surface area contributed by atoms with Gasteiger partial charge in [0.25, 0.3) is 0 Å². The van der Waals surface area contributed by atoms with E-state index < -0.39 is 17.5 Å². The van der Waals surface area contributed by atoms with Crippen LogP contribution in [0.3, 0.4) is 0 Å². The summed E-state index contributed by atoms with van der Waals surface area (Å²) in [6, 6.07) is 11.5. The van der Waals surface area contributed by atoms with Gasteiger partial charge >= 0.3 is 0 Å². The summed E-state index contributed by atoms with van der Waals surface area (Å²) in [4.78, 5) is 24.1. The summed E-state index contributed by atoms with van der Waals surface area (Å²) in [5.41, 5.74) is 0.962. The Morgan fingerprint density at radius 2 is 0.969 bits per heavy atom. The molecule has 4 N–H and O–H groups in total. The number of hydrogen-bond acceptors (Lipinski definition) is 6. The van der Waals surface area contributed by atoms with Crippen molar-refractivity contribution in [3.63, 3.8) is 0 Å². The molecule has 0 aliphatic rings. The average molecular weight is 535 g/mol. The second kappa shape index (κ2) is 14.4. The van der Waals surface area contributed by atoms with Crippen LogP contribution in [0.1, 0.15) is 25.7 Å². The second-order valence-corrected chi connectivity index (χ2v) is 11.9. The van der Waals surface area contributed by atoms with Crippen LogP contribution in [-0.2, 0) is 49.5 Å². The molecule has 0 heterocycles. The maximum Gasteiger partial charge on any atom is 0.224 e. The molecule has 2 aromatic carbocycles. The fraction of sp³-hybridized carbons (Fsp3) is 0.222. The van der Waals surface area contributed by atoms with Gasteiger partial charge in [0, 0.05) is 106 Å². The van der Waals surface area contributed by atoms with E-state index in [9.17, 15) is 27.1 Å². The van der Waals surface area contributed by atoms with Gasteiger partial charge < -0.3 is 19.7 Å². The third-order valence-electron chi connectivity index (χ3n) is 3.93. The Labute approximate surface area is 241 Å². The smallest absolute Gasteiger partial charge is 0.224 e. The minimum atomic E-state index is -3.45. The van der Waals surface area contributed by atoms with E-state index in [2.05, 4.69) is 33.0 Å². The average Bonchev–Trinajstić information content (AvgIpc) is 2.65. The third kappa shape index (κ3) is 11.4. The van der Waals surface area contributed by atoms with Gasteiger partial charge in [-0.1, -0.05) is 0 Å². The van der Waals surface area contributed by atoms with Gasteiger partial charge in [0.2, 0.25) is 11.8 Å². The van der Waals surface area contributed by atoms with Crippen LogP contribution in [0.25, 0.3) is 0 Å². The molecular formula is C18H20N2Na2O6S4. The van der Waals surface area contributed by atoms with E-state index >= 15 is 0 Å². The molecule has 0 saturated carbocycles. The van der Waals surface area contributed by atoms with Crippen molar-refractivity contribution in [2.45, 2.75) is 35.5 Å². The Morgan fingerprint density at radius 3 is 1.22 bits per heavy atom. The van der Waals surface area contributed by atoms with Crippen molar-refractivity contribution in [3.8, 4) is 0 Å². The van der Waals surface area contributed by atoms with Gasteiger partial charge in [-0.2, -0.15) is 0 Å². The van der Waals surface area contributed by atoms with Crippen molar-refractivity contribution in [3.05, 3.63) is 48.5 Å². The van der Waals surface area contributed by atoms with Crippen LogP contribution in [0.2, 0.25) is 0 Å². The number of amides is 2. The molecule has 0 aliphatic carbocycles. The van der Waals surface area contributed by atoms with Gasteiger partial charge in [0.05, 0.1) is 9.79 Å². The molecule has 14 heteroatoms. The van der Waals surface area contributed by atoms with E-state index in [0.29, 0.717) is 24.2 Å². The van der Waals surface area contributed by atoms with E-state index in [1.165, 1.54) is 48.5 Å². The summed E-state index contributed by atoms with van der Waals surface area (Å²) in [7, 11) is -6.90. The zero-order valence-electron chi connectivity index (χ0n) is 17.6. The molecule has 2 rings (SSSR count). The first kappa shape index (κ1) is 32.0. The Hall–Kier alpha value is 0.0400. The number of rotatable bonds is 9. The third-order valence-corrected chi connectivity index (χ3v) is 6.82. The summed E-state index contributed by atoms with van der Waals surface area (Å²) in [5, 5.41) is 5.33. The predicted octanol–water partition coefficient (Wildman–Crippen LogP) is 2.22. The Balaban J connectivity index is 0.00000480. The van der Waals surface area contributed by atoms with Crippen LogP contribution in [0.5, 0.6) is 0 Å². The topological polar surface area (TPSA) is 133 Å². The van der Waals surface area contributed by atoms with Crippen LogP contribution in [0.4, 0.5) is 11.4 Å². The Kier molecular flexibility index (Phi) is 14.5. The molecule has 0 saturated heterocycles. The first-order valence-electron chi connectivity index (χ1n) is 8.70. The van der Waals surface area contributed by atoms with Crippen molar-refractivity contribution in [1.29, 1.82) is 0 Å². The predicted molar refractivity (Wildman–Crippen MR) is 133 cm³/mol. The maximum absolute atomic E-state index is 12.0. The zero-order valence-corrected chi connectivity index (χ0v) is 24.9. The standard InChI is InChI=1S/C18H20N2O6S4.2Na/c21-17(19-13-5-9-15(10-6-13)29(23,24)27)3-1-2-4-18(22)20-14-7-11-16(12-8-14)30(25,26)28;;/h5-12H,1-4H2,(H,19,21)(H,20,22)(H,23,24,27)(H,25,26,28);;. The molecule has 0 aliphatic heterocycles. The van der Waals surface area contributed by atoms with Gasteiger partial charge in [-0.3, -0.25) is 9.59 Å². The second-order valence-electron chi connectivity index (χ2n) is 6.30. The fourth-order valence-electron chi connectivity index (χ4n) is 2.44. The molecule has 2 unspecified atom stereocenters. The molecule has 164 valence electrons. The zero-order chi connectivity index (χ0) is 22.4. The van der Waals surface area contributed by atoms with Gasteiger partial charge in [0.15, 0.2) is 17.5 Å². The van der Waals surface area contributed by atoms with Crippen LogP contribution in [-0.4, -0.2) is 88.5 Å². The minimum absolute atomic E-state index is 0. The fourth-order valence-corrected chi connectivity index (χ4v) is 4.07. The van der Waals surface area contributed by atoms with E-state index in [4.69, 9.17) is 0 Å². The number of carbonyl (C=O) groups is 2. The molecule has 2 aromatic rings. The van der Waals surface area contributed by atoms with Crippen molar-refractivity contribution < 1.29 is 27.1 Å². The maximum atomic E-state index is 12.0. The van der Waals surface area contributed by atoms with E-state index in [1.807, 2.05) is 0 Å². The van der Waals surface area contributed by atoms with E-state index in [-0.39, 0.29) is 93.6 Å². The molecule has 0 aromatic heterocycles. The minimum Gasteiger partial charge on any atom is -0.326 e. The molecule has 32 heavy (non-hydrogen) atoms. The summed E-state index contributed by atoms with van der Waals surface area (Å²) in [5.74, 6) is -0.475. The van der Waals surface area contributed by atoms with E-state index in [1.54, 1.807) is 0 Å². The van der Waals surface area contributed by atoms with Crippen molar-refractivity contribution in [2.24, 2.45) is 0 Å². The number of carbonyl (C=O) groups excluding carboxylic acids is 2. The summed E-state index contributed by atoms with van der Waals surface area (Å²) >= 11 is 8.95. The number of unbranched alkanes of at least 4 members (excludes halogenated alkanes) is 1. The summed E-state index contributed by atoms with van der Waals surface area (Å²) in [6.07, 6.45) is 1.42. The quantitative estimate of drug-likeness (QED) is 0.284. The molecule has 2 atom stereocenters. The first-order chi connectivity index (χ1) is 13.9. The van der Waals surface area contributed by atoms with Crippen molar-refractivity contribution >= 4 is 122 Å². The molecule has 0 fully saturated rings. The van der Waals surface area contributed by atoms with Crippen LogP contribution in [0, 0.1) is 0 Å². The van der Waals surface area contributed by atoms with Gasteiger partial charge in [0.1, 0.15) is 0 Å². The Bertz CT molecular complexity index is 1030. The number of benzene rings is 2. The van der Waals surface area contributed by atoms with Crippen molar-refractivity contribution in [2.75, 3.05) is 10.6 Å². The molecule has 0 bridgehead atoms. The number of nitrogens with one attached hydrogen (secondary N) is 2. The van der Waals surface area contributed by atoms with Gasteiger partial charge in [-0.15, -0.1) is 0 Å². The largest absolute Gasteiger partial charge is 0.326 e. The number of anilines is 2. The molecular weight excluding hydrogens is 514 g/mol. The van der Waals surface area contributed by atoms with Crippen LogP contribution in [0.15, 0.2) is 58.3 Å². The monoisotopic (exact) mass is 534 g/mol. The van der Waals surface area contributed by atoms with Crippen LogP contribution >= 0.6 is 0 Å². The van der Waals surface area contributed by atoms with E-state index in [0.717, 1.165) is 0 Å².